The van der Waals surface area contributed by atoms with Crippen LogP contribution >= 0.6 is 59.4 Å². The fourth-order valence-corrected chi connectivity index (χ4v) is 12.2. The molecule has 18 nitrogen and oxygen atoms in total. The second-order valence-electron chi connectivity index (χ2n) is 25.8. The van der Waals surface area contributed by atoms with Gasteiger partial charge in [-0.25, -0.2) is 19.2 Å². The monoisotopic (exact) mass is 1410 g/mol. The molecule has 86 heavy (non-hydrogen) atoms. The van der Waals surface area contributed by atoms with Crippen molar-refractivity contribution in [2.24, 2.45) is 0 Å². The predicted molar refractivity (Wildman–Crippen MR) is 354 cm³/mol. The van der Waals surface area contributed by atoms with Crippen molar-refractivity contribution >= 4 is 112 Å². The highest BCUT2D eigenvalue weighted by molar-refractivity contribution is 9.11. The third-order valence-electron chi connectivity index (χ3n) is 13.8. The van der Waals surface area contributed by atoms with Gasteiger partial charge in [-0.15, -0.1) is 0 Å². The molecule has 0 spiro atoms. The minimum Gasteiger partial charge on any atom is -0.444 e. The van der Waals surface area contributed by atoms with E-state index < -0.39 is 34.7 Å². The Hall–Kier alpha value is -4.80. The molecule has 7 aliphatic heterocycles. The van der Waals surface area contributed by atoms with Crippen LogP contribution in [0, 0.1) is 0 Å². The number of anilines is 2. The van der Waals surface area contributed by atoms with Crippen molar-refractivity contribution in [3.05, 3.63) is 89.9 Å². The number of likely N-dealkylation sites (tertiary alicyclic amines) is 1. The maximum Gasteiger partial charge on any atom is 0.519 e. The fourth-order valence-electron chi connectivity index (χ4n) is 10.4. The largest absolute Gasteiger partial charge is 0.519 e. The highest BCUT2D eigenvalue weighted by Gasteiger charge is 2.32. The van der Waals surface area contributed by atoms with Gasteiger partial charge in [-0.1, -0.05) is 55.2 Å². The Morgan fingerprint density at radius 1 is 0.535 bits per heavy atom. The summed E-state index contributed by atoms with van der Waals surface area (Å²) in [5, 5.41) is 4.36. The lowest BCUT2D eigenvalue weighted by Gasteiger charge is -2.26. The zero-order chi connectivity index (χ0) is 64.4. The van der Waals surface area contributed by atoms with Crippen molar-refractivity contribution in [1.29, 1.82) is 0 Å². The normalized spacial score (nSPS) is 16.8. The molecule has 3 aromatic carbocycles. The number of carbonyl (C=O) groups excluding carboxylic acids is 5. The van der Waals surface area contributed by atoms with Crippen molar-refractivity contribution in [1.82, 2.24) is 24.6 Å². The molecule has 4 aromatic rings. The SMILES string of the molecule is Brc1cc2c3c(c1)CNCCN3CC2.C.C1CCOC1.CC(C)(C)OC(=O)N1CCN2CCc3cc(Br)cc(c32)C1.CC(C)(C)OC(=O)N1CCn2ccc3cc(Br)cc(c32)C1.CC(C)(C)OC(=O)OC(=O)OC(C)(C)C.O=C(Cl)N1CCCCC1.[2H][2H]. The van der Waals surface area contributed by atoms with Gasteiger partial charge in [-0.2, -0.15) is 0 Å². The van der Waals surface area contributed by atoms with Gasteiger partial charge in [0.05, 0.1) is 18.6 Å². The molecule has 0 bridgehead atoms. The van der Waals surface area contributed by atoms with Crippen molar-refractivity contribution in [2.75, 3.05) is 81.9 Å². The molecule has 3 amide bonds. The molecule has 480 valence electrons. The zero-order valence-electron chi connectivity index (χ0n) is 53.9. The lowest BCUT2D eigenvalue weighted by Crippen LogP contribution is -2.39. The smallest absolute Gasteiger partial charge is 0.444 e. The third kappa shape index (κ3) is 23.3. The molecular weight excluding hydrogens is 1320 g/mol. The average Bonchev–Trinajstić information content (AvgIpc) is 2.39. The minimum atomic E-state index is -1.06. The molecule has 2 saturated heterocycles. The highest BCUT2D eigenvalue weighted by atomic mass is 79.9. The van der Waals surface area contributed by atoms with Gasteiger partial charge < -0.3 is 62.8 Å². The molecule has 1 aromatic heterocycles. The molecule has 8 heterocycles. The summed E-state index contributed by atoms with van der Waals surface area (Å²) in [6.45, 7) is 34.8. The van der Waals surface area contributed by atoms with E-state index in [0.717, 1.165) is 99.3 Å². The van der Waals surface area contributed by atoms with E-state index in [2.05, 4.69) is 121 Å². The average molecular weight is 1420 g/mol. The molecule has 7 aliphatic rings. The Bertz CT molecular complexity index is 2920. The maximum atomic E-state index is 12.3. The summed E-state index contributed by atoms with van der Waals surface area (Å²) in [4.78, 5) is 67.4. The van der Waals surface area contributed by atoms with Gasteiger partial charge in [-0.05, 0) is 210 Å². The van der Waals surface area contributed by atoms with E-state index in [1.807, 2.05) is 46.4 Å². The summed E-state index contributed by atoms with van der Waals surface area (Å²) in [5.41, 5.74) is 8.42. The maximum absolute atomic E-state index is 12.3. The van der Waals surface area contributed by atoms with Gasteiger partial charge in [0.25, 0.3) is 0 Å². The summed E-state index contributed by atoms with van der Waals surface area (Å²) in [7, 11) is 0. The van der Waals surface area contributed by atoms with E-state index in [9.17, 15) is 24.0 Å². The standard InChI is InChI=1S/C16H21BrN2O2.C16H19BrN2O2.C11H13BrN2.C10H18O5.C6H10ClNO.C4H8O.CH4.H2/c2*1-16(2,3)21-15(20)19-7-6-18-5-4-11-8-13(17)9-12(10-19)14(11)18;12-10-5-8-1-3-14-4-2-13-7-9(6-10)11(8)14;1-9(2,3)14-7(11)13-8(12)15-10(4,5)6;7-6(9)8-4-2-1-3-5-8;1-2-4-5-3-1;;/h8-9H,4-7,10H2,1-3H3;4-5,8-9H,6-7,10H2,1-3H3;5-6,13H,1-4,7H2;1-6H3;1-5H2;1-4H2;1H4;1H/i;;;;;;;1+1D. The van der Waals surface area contributed by atoms with Crippen molar-refractivity contribution in [3.8, 4) is 0 Å². The van der Waals surface area contributed by atoms with Crippen molar-refractivity contribution < 1.29 is 55.4 Å². The van der Waals surface area contributed by atoms with Gasteiger partial charge in [0.1, 0.15) is 22.4 Å². The number of carbonyl (C=O) groups is 5. The van der Waals surface area contributed by atoms with Crippen LogP contribution in [0.15, 0.2) is 62.1 Å². The van der Waals surface area contributed by atoms with Crippen LogP contribution in [0.5, 0.6) is 0 Å². The van der Waals surface area contributed by atoms with E-state index in [-0.39, 0.29) is 25.0 Å². The van der Waals surface area contributed by atoms with Gasteiger partial charge in [0, 0.05) is 125 Å². The van der Waals surface area contributed by atoms with Crippen LogP contribution < -0.4 is 15.1 Å². The number of piperidine rings is 1. The van der Waals surface area contributed by atoms with Gasteiger partial charge in [0.2, 0.25) is 0 Å². The quantitative estimate of drug-likeness (QED) is 0.0579. The topological polar surface area (TPSA) is 174 Å². The number of amides is 3. The Balaban J connectivity index is 0.000000233. The highest BCUT2D eigenvalue weighted by Crippen LogP contribution is 2.38. The number of hydrogen-bond acceptors (Lipinski definition) is 14. The first-order valence-corrected chi connectivity index (χ1v) is 32.3. The second-order valence-corrected chi connectivity index (χ2v) is 28.8. The van der Waals surface area contributed by atoms with E-state index in [0.29, 0.717) is 26.2 Å². The van der Waals surface area contributed by atoms with Gasteiger partial charge in [0.15, 0.2) is 0 Å². The van der Waals surface area contributed by atoms with Crippen LogP contribution in [-0.2, 0) is 67.4 Å². The summed E-state index contributed by atoms with van der Waals surface area (Å²) in [6.07, 6.45) is 7.81. The lowest BCUT2D eigenvalue weighted by atomic mass is 10.1. The molecule has 0 saturated carbocycles. The Morgan fingerprint density at radius 2 is 0.988 bits per heavy atom. The summed E-state index contributed by atoms with van der Waals surface area (Å²) in [5.74, 6) is 0. The Labute approximate surface area is 544 Å². The fraction of sp³-hybridized carbons (Fsp3) is 0.609. The summed E-state index contributed by atoms with van der Waals surface area (Å²) < 4.78 is 45.3. The van der Waals surface area contributed by atoms with E-state index in [1.165, 1.54) is 81.2 Å². The van der Waals surface area contributed by atoms with Crippen LogP contribution in [-0.4, -0.2) is 144 Å². The molecule has 2 fully saturated rings. The number of rotatable bonds is 0. The first kappa shape index (κ1) is 70.3. The van der Waals surface area contributed by atoms with E-state index in [4.69, 9.17) is 38.3 Å². The molecule has 0 aliphatic carbocycles. The molecule has 11 rings (SSSR count). The van der Waals surface area contributed by atoms with Crippen LogP contribution in [0.4, 0.5) is 35.3 Å². The minimum absolute atomic E-state index is 0. The molecule has 1 N–H and O–H groups in total. The van der Waals surface area contributed by atoms with Crippen LogP contribution in [0.3, 0.4) is 0 Å². The lowest BCUT2D eigenvalue weighted by molar-refractivity contribution is -0.0295. The first-order valence-electron chi connectivity index (χ1n) is 30.5. The number of ether oxygens (including phenoxy) is 6. The third-order valence-corrected chi connectivity index (χ3v) is 15.4. The summed E-state index contributed by atoms with van der Waals surface area (Å²) in [6, 6.07) is 15.1. The number of halogens is 4. The Morgan fingerprint density at radius 3 is 1.48 bits per heavy atom. The number of aromatic nitrogens is 1. The zero-order valence-corrected chi connectivity index (χ0v) is 57.4. The van der Waals surface area contributed by atoms with Gasteiger partial charge in [-0.3, -0.25) is 4.79 Å². The molecular formula is C64H95Br3ClN7O11. The number of hydrogen-bond donors (Lipinski definition) is 1. The van der Waals surface area contributed by atoms with Crippen molar-refractivity contribution in [3.63, 3.8) is 0 Å². The second kappa shape index (κ2) is 32.1. The van der Waals surface area contributed by atoms with Crippen LogP contribution in [0.25, 0.3) is 10.9 Å². The molecule has 22 heteroatoms. The van der Waals surface area contributed by atoms with Crippen LogP contribution in [0.2, 0.25) is 0 Å². The Kier molecular flexibility index (Phi) is 26.2. The molecule has 0 unspecified atom stereocenters. The van der Waals surface area contributed by atoms with E-state index >= 15 is 0 Å². The number of nitrogens with zero attached hydrogens (tertiary/aromatic N) is 6. The van der Waals surface area contributed by atoms with E-state index in [1.54, 1.807) is 51.3 Å². The first-order chi connectivity index (χ1) is 40.8. The molecule has 0 radical (unpaired) electrons. The van der Waals surface area contributed by atoms with Gasteiger partial charge >= 0.3 is 29.9 Å². The number of nitrogens with one attached hydrogen (secondary N) is 1. The number of benzene rings is 3. The van der Waals surface area contributed by atoms with Crippen molar-refractivity contribution in [2.45, 2.75) is 184 Å². The predicted octanol–water partition coefficient (Wildman–Crippen LogP) is 16.0. The van der Waals surface area contributed by atoms with Crippen LogP contribution in [0.1, 0.15) is 153 Å². The molecule has 0 atom stereocenters. The summed E-state index contributed by atoms with van der Waals surface area (Å²) >= 11 is 15.9.